The van der Waals surface area contributed by atoms with Crippen LogP contribution in [0.25, 0.3) is 0 Å². The van der Waals surface area contributed by atoms with Crippen LogP contribution in [0, 0.1) is 10.1 Å². The van der Waals surface area contributed by atoms with Crippen LogP contribution in [0.1, 0.15) is 0 Å². The molecule has 0 aliphatic heterocycles. The Kier molecular flexibility index (Phi) is 7.79. The highest BCUT2D eigenvalue weighted by molar-refractivity contribution is 8.00. The van der Waals surface area contributed by atoms with E-state index < -0.39 is 14.9 Å². The second-order valence-corrected chi connectivity index (χ2v) is 8.28. The monoisotopic (exact) mass is 425 g/mol. The molecular weight excluding hydrogens is 406 g/mol. The molecular formula is C17H19N3O6S2. The van der Waals surface area contributed by atoms with Gasteiger partial charge in [-0.15, -0.1) is 11.8 Å². The molecule has 150 valence electrons. The quantitative estimate of drug-likeness (QED) is 0.257. The number of nitrogens with one attached hydrogen (secondary N) is 2. The van der Waals surface area contributed by atoms with Gasteiger partial charge in [-0.3, -0.25) is 14.9 Å². The molecule has 0 heterocycles. The second-order valence-electron chi connectivity index (χ2n) is 5.46. The lowest BCUT2D eigenvalue weighted by molar-refractivity contribution is -0.384. The number of rotatable bonds is 10. The van der Waals surface area contributed by atoms with Gasteiger partial charge < -0.3 is 10.1 Å². The number of nitrogens with zero attached hydrogens (tertiary/aromatic N) is 1. The lowest BCUT2D eigenvalue weighted by Gasteiger charge is -2.09. The molecule has 28 heavy (non-hydrogen) atoms. The standard InChI is InChI=1S/C17H19N3O6S2/c1-26-14-4-8-16(9-5-14)28(24,25)19-11-10-18-17(21)12-27-15-6-2-13(3-7-15)20(22)23/h2-9,19H,10-12H2,1H3,(H,18,21). The number of ether oxygens (including phenoxy) is 1. The number of sulfonamides is 1. The van der Waals surface area contributed by atoms with E-state index in [1.54, 1.807) is 24.3 Å². The van der Waals surface area contributed by atoms with Crippen LogP contribution >= 0.6 is 11.8 Å². The lowest BCUT2D eigenvalue weighted by Crippen LogP contribution is -2.35. The summed E-state index contributed by atoms with van der Waals surface area (Å²) in [5.41, 5.74) is -0.0158. The van der Waals surface area contributed by atoms with E-state index in [1.165, 1.54) is 43.1 Å². The van der Waals surface area contributed by atoms with E-state index in [0.717, 1.165) is 4.90 Å². The van der Waals surface area contributed by atoms with Gasteiger partial charge in [0.05, 0.1) is 22.7 Å². The number of non-ortho nitro benzene ring substituents is 1. The number of nitro benzene ring substituents is 1. The molecule has 0 fully saturated rings. The van der Waals surface area contributed by atoms with Crippen LogP contribution < -0.4 is 14.8 Å². The maximum Gasteiger partial charge on any atom is 0.269 e. The topological polar surface area (TPSA) is 128 Å². The first-order chi connectivity index (χ1) is 13.3. The second kappa shape index (κ2) is 10.1. The highest BCUT2D eigenvalue weighted by atomic mass is 32.2. The Morgan fingerprint density at radius 1 is 1.11 bits per heavy atom. The Hall–Kier alpha value is -2.63. The molecule has 1 amide bonds. The van der Waals surface area contributed by atoms with Crippen LogP contribution in [-0.4, -0.2) is 45.2 Å². The molecule has 0 saturated heterocycles. The van der Waals surface area contributed by atoms with Gasteiger partial charge in [-0.05, 0) is 36.4 Å². The van der Waals surface area contributed by atoms with Gasteiger partial charge in [-0.1, -0.05) is 0 Å². The van der Waals surface area contributed by atoms with Crippen molar-refractivity contribution in [3.63, 3.8) is 0 Å². The first-order valence-corrected chi connectivity index (χ1v) is 10.6. The molecule has 0 aliphatic carbocycles. The molecule has 0 saturated carbocycles. The van der Waals surface area contributed by atoms with Gasteiger partial charge in [0.15, 0.2) is 0 Å². The SMILES string of the molecule is COc1ccc(S(=O)(=O)NCCNC(=O)CSc2ccc([N+](=O)[O-])cc2)cc1. The van der Waals surface area contributed by atoms with E-state index in [0.29, 0.717) is 5.75 Å². The number of methoxy groups -OCH3 is 1. The van der Waals surface area contributed by atoms with Crippen molar-refractivity contribution in [1.82, 2.24) is 10.0 Å². The summed E-state index contributed by atoms with van der Waals surface area (Å²) in [6.45, 7) is 0.178. The highest BCUT2D eigenvalue weighted by Gasteiger charge is 2.13. The van der Waals surface area contributed by atoms with Crippen molar-refractivity contribution in [2.24, 2.45) is 0 Å². The number of amides is 1. The molecule has 0 bridgehead atoms. The predicted molar refractivity (Wildman–Crippen MR) is 105 cm³/mol. The molecule has 9 nitrogen and oxygen atoms in total. The van der Waals surface area contributed by atoms with E-state index in [1.807, 2.05) is 0 Å². The number of hydrogen-bond acceptors (Lipinski definition) is 7. The summed E-state index contributed by atoms with van der Waals surface area (Å²) < 4.78 is 31.7. The van der Waals surface area contributed by atoms with Crippen molar-refractivity contribution >= 4 is 33.4 Å². The minimum Gasteiger partial charge on any atom is -0.497 e. The van der Waals surface area contributed by atoms with Crippen LogP contribution in [0.15, 0.2) is 58.3 Å². The van der Waals surface area contributed by atoms with E-state index in [9.17, 15) is 23.3 Å². The highest BCUT2D eigenvalue weighted by Crippen LogP contribution is 2.21. The third-order valence-corrected chi connectivity index (χ3v) is 6.02. The van der Waals surface area contributed by atoms with E-state index >= 15 is 0 Å². The minimum absolute atomic E-state index is 0.0158. The van der Waals surface area contributed by atoms with Gasteiger partial charge in [0.2, 0.25) is 15.9 Å². The summed E-state index contributed by atoms with van der Waals surface area (Å²) in [4.78, 5) is 22.8. The zero-order chi connectivity index (χ0) is 20.6. The van der Waals surface area contributed by atoms with Gasteiger partial charge in [-0.2, -0.15) is 0 Å². The average molecular weight is 425 g/mol. The van der Waals surface area contributed by atoms with Gasteiger partial charge in [0.25, 0.3) is 5.69 Å². The van der Waals surface area contributed by atoms with Gasteiger partial charge in [-0.25, -0.2) is 13.1 Å². The summed E-state index contributed by atoms with van der Waals surface area (Å²) in [5, 5.41) is 13.2. The van der Waals surface area contributed by atoms with Crippen LogP contribution in [-0.2, 0) is 14.8 Å². The summed E-state index contributed by atoms with van der Waals surface area (Å²) >= 11 is 1.23. The Balaban J connectivity index is 1.72. The molecule has 2 rings (SSSR count). The van der Waals surface area contributed by atoms with Crippen molar-refractivity contribution < 1.29 is 22.9 Å². The molecule has 2 N–H and O–H groups in total. The summed E-state index contributed by atoms with van der Waals surface area (Å²) in [7, 11) is -2.18. The maximum atomic E-state index is 12.1. The zero-order valence-corrected chi connectivity index (χ0v) is 16.6. The minimum atomic E-state index is -3.67. The third kappa shape index (κ3) is 6.51. The van der Waals surface area contributed by atoms with Crippen LogP contribution in [0.4, 0.5) is 5.69 Å². The predicted octanol–water partition coefficient (Wildman–Crippen LogP) is 1.79. The van der Waals surface area contributed by atoms with Crippen LogP contribution in [0.2, 0.25) is 0 Å². The smallest absolute Gasteiger partial charge is 0.269 e. The molecule has 11 heteroatoms. The molecule has 0 spiro atoms. The molecule has 0 aromatic heterocycles. The molecule has 2 aromatic carbocycles. The number of nitro groups is 1. The maximum absolute atomic E-state index is 12.1. The molecule has 0 unspecified atom stereocenters. The van der Waals surface area contributed by atoms with Gasteiger partial charge in [0.1, 0.15) is 5.75 Å². The summed E-state index contributed by atoms with van der Waals surface area (Å²) in [5.74, 6) is 0.395. The zero-order valence-electron chi connectivity index (χ0n) is 15.0. The number of carbonyl (C=O) groups excluding carboxylic acids is 1. The summed E-state index contributed by atoms with van der Waals surface area (Å²) in [6.07, 6.45) is 0. The van der Waals surface area contributed by atoms with Gasteiger partial charge >= 0.3 is 0 Å². The third-order valence-electron chi connectivity index (χ3n) is 3.53. The number of carbonyl (C=O) groups is 1. The Morgan fingerprint density at radius 2 is 1.75 bits per heavy atom. The number of benzene rings is 2. The molecule has 2 aromatic rings. The Morgan fingerprint density at radius 3 is 2.32 bits per heavy atom. The van der Waals surface area contributed by atoms with Crippen LogP contribution in [0.3, 0.4) is 0 Å². The molecule has 0 atom stereocenters. The summed E-state index contributed by atoms with van der Waals surface area (Å²) in [6, 6.07) is 11.8. The number of thioether (sulfide) groups is 1. The Bertz CT molecular complexity index is 915. The number of hydrogen-bond donors (Lipinski definition) is 2. The fourth-order valence-electron chi connectivity index (χ4n) is 2.09. The van der Waals surface area contributed by atoms with Crippen LogP contribution in [0.5, 0.6) is 5.75 Å². The van der Waals surface area contributed by atoms with Crippen molar-refractivity contribution in [2.45, 2.75) is 9.79 Å². The van der Waals surface area contributed by atoms with Gasteiger partial charge in [0, 0.05) is 30.1 Å². The molecule has 0 aliphatic rings. The van der Waals surface area contributed by atoms with E-state index in [4.69, 9.17) is 4.74 Å². The van der Waals surface area contributed by atoms with Crippen molar-refractivity contribution in [3.05, 3.63) is 58.6 Å². The first kappa shape index (κ1) is 21.7. The fraction of sp³-hybridized carbons (Fsp3) is 0.235. The van der Waals surface area contributed by atoms with Crippen molar-refractivity contribution in [3.8, 4) is 5.75 Å². The normalized spacial score (nSPS) is 11.0. The average Bonchev–Trinajstić information content (AvgIpc) is 2.70. The lowest BCUT2D eigenvalue weighted by atomic mass is 10.3. The molecule has 0 radical (unpaired) electrons. The van der Waals surface area contributed by atoms with Crippen molar-refractivity contribution in [1.29, 1.82) is 0 Å². The first-order valence-electron chi connectivity index (χ1n) is 8.09. The Labute approximate surface area is 166 Å². The largest absolute Gasteiger partial charge is 0.497 e. The van der Waals surface area contributed by atoms with E-state index in [-0.39, 0.29) is 35.3 Å². The fourth-order valence-corrected chi connectivity index (χ4v) is 3.85. The van der Waals surface area contributed by atoms with Crippen molar-refractivity contribution in [2.75, 3.05) is 26.0 Å². The van der Waals surface area contributed by atoms with E-state index in [2.05, 4.69) is 10.0 Å².